The molecule has 1 rings (SSSR count). The minimum absolute atomic E-state index is 0.146. The van der Waals surface area contributed by atoms with Gasteiger partial charge in [0.25, 0.3) is 5.91 Å². The Hall–Kier alpha value is -2.11. The third-order valence-electron chi connectivity index (χ3n) is 2.00. The van der Waals surface area contributed by atoms with Crippen LogP contribution in [0.3, 0.4) is 0 Å². The first kappa shape index (κ1) is 14.0. The molecule has 18 heavy (non-hydrogen) atoms. The zero-order chi connectivity index (χ0) is 13.4. The van der Waals surface area contributed by atoms with Gasteiger partial charge in [-0.05, 0) is 24.3 Å². The molecular formula is C12H15FN2O3. The lowest BCUT2D eigenvalue weighted by atomic mass is 10.3. The monoisotopic (exact) mass is 254 g/mol. The van der Waals surface area contributed by atoms with Gasteiger partial charge in [0, 0.05) is 20.0 Å². The predicted molar refractivity (Wildman–Crippen MR) is 63.6 cm³/mol. The molecule has 0 unspecified atom stereocenters. The van der Waals surface area contributed by atoms with Crippen molar-refractivity contribution < 1.29 is 18.7 Å². The van der Waals surface area contributed by atoms with Crippen LogP contribution in [-0.4, -0.2) is 31.5 Å². The fourth-order valence-corrected chi connectivity index (χ4v) is 1.17. The molecule has 0 aliphatic carbocycles. The van der Waals surface area contributed by atoms with Crippen LogP contribution < -0.4 is 15.4 Å². The normalized spacial score (nSPS) is 9.67. The number of benzene rings is 1. The highest BCUT2D eigenvalue weighted by molar-refractivity contribution is 5.77. The first-order chi connectivity index (χ1) is 8.58. The van der Waals surface area contributed by atoms with E-state index in [9.17, 15) is 14.0 Å². The average Bonchev–Trinajstić information content (AvgIpc) is 2.34. The van der Waals surface area contributed by atoms with E-state index in [4.69, 9.17) is 4.74 Å². The lowest BCUT2D eigenvalue weighted by Crippen LogP contribution is -2.36. The topological polar surface area (TPSA) is 67.4 Å². The Morgan fingerprint density at radius 3 is 2.39 bits per heavy atom. The Morgan fingerprint density at radius 2 is 1.78 bits per heavy atom. The van der Waals surface area contributed by atoms with Crippen LogP contribution in [0.1, 0.15) is 6.92 Å². The van der Waals surface area contributed by atoms with Crippen LogP contribution in [-0.2, 0) is 9.59 Å². The van der Waals surface area contributed by atoms with Crippen LogP contribution in [0.25, 0.3) is 0 Å². The highest BCUT2D eigenvalue weighted by Gasteiger charge is 2.02. The van der Waals surface area contributed by atoms with E-state index < -0.39 is 0 Å². The summed E-state index contributed by atoms with van der Waals surface area (Å²) in [7, 11) is 0. The molecule has 6 heteroatoms. The summed E-state index contributed by atoms with van der Waals surface area (Å²) in [6, 6.07) is 5.40. The van der Waals surface area contributed by atoms with E-state index in [2.05, 4.69) is 10.6 Å². The van der Waals surface area contributed by atoms with Gasteiger partial charge in [0.05, 0.1) is 0 Å². The van der Waals surface area contributed by atoms with Crippen molar-refractivity contribution in [2.24, 2.45) is 0 Å². The number of ether oxygens (including phenoxy) is 1. The molecule has 0 aliphatic heterocycles. The maximum atomic E-state index is 12.6. The number of nitrogens with one attached hydrogen (secondary N) is 2. The molecule has 0 saturated heterocycles. The quantitative estimate of drug-likeness (QED) is 0.725. The number of rotatable bonds is 6. The summed E-state index contributed by atoms with van der Waals surface area (Å²) in [6.45, 7) is 1.97. The molecule has 0 atom stereocenters. The molecule has 0 aliphatic rings. The van der Waals surface area contributed by atoms with Gasteiger partial charge in [-0.15, -0.1) is 0 Å². The predicted octanol–water partition coefficient (Wildman–Crippen LogP) is 0.457. The van der Waals surface area contributed by atoms with Crippen LogP contribution in [0.2, 0.25) is 0 Å². The number of halogens is 1. The summed E-state index contributed by atoms with van der Waals surface area (Å²) in [6.07, 6.45) is 0. The Morgan fingerprint density at radius 1 is 1.17 bits per heavy atom. The molecule has 1 aromatic rings. The van der Waals surface area contributed by atoms with Gasteiger partial charge in [-0.25, -0.2) is 4.39 Å². The summed E-state index contributed by atoms with van der Waals surface area (Å²) >= 11 is 0. The van der Waals surface area contributed by atoms with Crippen molar-refractivity contribution >= 4 is 11.8 Å². The molecule has 0 aromatic heterocycles. The van der Waals surface area contributed by atoms with Gasteiger partial charge < -0.3 is 15.4 Å². The van der Waals surface area contributed by atoms with Crippen molar-refractivity contribution in [2.75, 3.05) is 19.7 Å². The van der Waals surface area contributed by atoms with Crippen molar-refractivity contribution in [2.45, 2.75) is 6.92 Å². The first-order valence-electron chi connectivity index (χ1n) is 5.47. The van der Waals surface area contributed by atoms with E-state index in [0.717, 1.165) is 0 Å². The summed E-state index contributed by atoms with van der Waals surface area (Å²) in [4.78, 5) is 21.9. The second kappa shape index (κ2) is 7.26. The van der Waals surface area contributed by atoms with E-state index in [1.165, 1.54) is 31.2 Å². The van der Waals surface area contributed by atoms with Gasteiger partial charge in [0.1, 0.15) is 11.6 Å². The largest absolute Gasteiger partial charge is 0.484 e. The highest BCUT2D eigenvalue weighted by atomic mass is 19.1. The van der Waals surface area contributed by atoms with E-state index in [-0.39, 0.29) is 24.2 Å². The zero-order valence-electron chi connectivity index (χ0n) is 10.0. The van der Waals surface area contributed by atoms with Crippen molar-refractivity contribution in [3.8, 4) is 5.75 Å². The Labute approximate surface area is 104 Å². The SMILES string of the molecule is CC(=O)NCCNC(=O)COc1ccc(F)cc1. The first-order valence-corrected chi connectivity index (χ1v) is 5.47. The Bertz CT molecular complexity index is 406. The Kier molecular flexibility index (Phi) is 5.63. The van der Waals surface area contributed by atoms with Crippen LogP contribution >= 0.6 is 0 Å². The molecule has 0 heterocycles. The number of hydrogen-bond acceptors (Lipinski definition) is 3. The second-order valence-corrected chi connectivity index (χ2v) is 3.58. The van der Waals surface area contributed by atoms with E-state index in [1.54, 1.807) is 0 Å². The van der Waals surface area contributed by atoms with Crippen LogP contribution in [0.15, 0.2) is 24.3 Å². The molecule has 0 fully saturated rings. The molecular weight excluding hydrogens is 239 g/mol. The summed E-state index contributed by atoms with van der Waals surface area (Å²) in [5.74, 6) is -0.382. The molecule has 2 amide bonds. The standard InChI is InChI=1S/C12H15FN2O3/c1-9(16)14-6-7-15-12(17)8-18-11-4-2-10(13)3-5-11/h2-5H,6-8H2,1H3,(H,14,16)(H,15,17). The summed E-state index contributed by atoms with van der Waals surface area (Å²) in [5.41, 5.74) is 0. The summed E-state index contributed by atoms with van der Waals surface area (Å²) < 4.78 is 17.7. The fourth-order valence-electron chi connectivity index (χ4n) is 1.17. The van der Waals surface area contributed by atoms with Gasteiger partial charge in [0.15, 0.2) is 6.61 Å². The maximum absolute atomic E-state index is 12.6. The van der Waals surface area contributed by atoms with E-state index in [0.29, 0.717) is 18.8 Å². The Balaban J connectivity index is 2.17. The van der Waals surface area contributed by atoms with Crippen molar-refractivity contribution in [3.05, 3.63) is 30.1 Å². The molecule has 5 nitrogen and oxygen atoms in total. The lowest BCUT2D eigenvalue weighted by Gasteiger charge is -2.07. The molecule has 0 spiro atoms. The van der Waals surface area contributed by atoms with Gasteiger partial charge in [0.2, 0.25) is 5.91 Å². The van der Waals surface area contributed by atoms with E-state index in [1.807, 2.05) is 0 Å². The number of hydrogen-bond donors (Lipinski definition) is 2. The molecule has 0 bridgehead atoms. The second-order valence-electron chi connectivity index (χ2n) is 3.58. The fraction of sp³-hybridized carbons (Fsp3) is 0.333. The number of carbonyl (C=O) groups excluding carboxylic acids is 2. The zero-order valence-corrected chi connectivity index (χ0v) is 10.0. The number of amides is 2. The van der Waals surface area contributed by atoms with Crippen molar-refractivity contribution in [1.82, 2.24) is 10.6 Å². The van der Waals surface area contributed by atoms with Gasteiger partial charge in [-0.2, -0.15) is 0 Å². The van der Waals surface area contributed by atoms with Crippen molar-refractivity contribution in [1.29, 1.82) is 0 Å². The average molecular weight is 254 g/mol. The lowest BCUT2D eigenvalue weighted by molar-refractivity contribution is -0.123. The smallest absolute Gasteiger partial charge is 0.258 e. The van der Waals surface area contributed by atoms with Crippen LogP contribution in [0.4, 0.5) is 4.39 Å². The molecule has 1 aromatic carbocycles. The maximum Gasteiger partial charge on any atom is 0.258 e. The van der Waals surface area contributed by atoms with Gasteiger partial charge >= 0.3 is 0 Å². The highest BCUT2D eigenvalue weighted by Crippen LogP contribution is 2.10. The van der Waals surface area contributed by atoms with Gasteiger partial charge in [-0.3, -0.25) is 9.59 Å². The minimum atomic E-state index is -0.359. The van der Waals surface area contributed by atoms with Crippen LogP contribution in [0.5, 0.6) is 5.75 Å². The van der Waals surface area contributed by atoms with Gasteiger partial charge in [-0.1, -0.05) is 0 Å². The molecule has 98 valence electrons. The van der Waals surface area contributed by atoms with Crippen molar-refractivity contribution in [3.63, 3.8) is 0 Å². The van der Waals surface area contributed by atoms with Crippen LogP contribution in [0, 0.1) is 5.82 Å². The van der Waals surface area contributed by atoms with E-state index >= 15 is 0 Å². The third-order valence-corrected chi connectivity index (χ3v) is 2.00. The summed E-state index contributed by atoms with van der Waals surface area (Å²) in [5, 5.41) is 5.11. The number of carbonyl (C=O) groups is 2. The molecule has 0 saturated carbocycles. The minimum Gasteiger partial charge on any atom is -0.484 e. The molecule has 2 N–H and O–H groups in total. The molecule has 0 radical (unpaired) electrons. The third kappa shape index (κ3) is 5.83.